The van der Waals surface area contributed by atoms with Crippen LogP contribution in [0.4, 0.5) is 0 Å². The maximum Gasteiger partial charge on any atom is 0.148 e. The molecular weight excluding hydrogens is 206 g/mol. The van der Waals surface area contributed by atoms with Crippen LogP contribution in [0.15, 0.2) is 48.3 Å². The van der Waals surface area contributed by atoms with Crippen LogP contribution in [-0.2, 0) is 4.79 Å². The van der Waals surface area contributed by atoms with E-state index < -0.39 is 0 Å². The zero-order valence-electron chi connectivity index (χ0n) is 9.47. The number of aldehydes is 1. The van der Waals surface area contributed by atoms with Crippen molar-refractivity contribution in [3.8, 4) is 0 Å². The summed E-state index contributed by atoms with van der Waals surface area (Å²) >= 11 is 0. The number of aliphatic hydroxyl groups is 2. The van der Waals surface area contributed by atoms with Crippen LogP contribution in [0.5, 0.6) is 0 Å². The quantitative estimate of drug-likeness (QED) is 0.284. The lowest BCUT2D eigenvalue weighted by Gasteiger charge is -1.92. The molecule has 0 fully saturated rings. The highest BCUT2D eigenvalue weighted by Crippen LogP contribution is 1.99. The summed E-state index contributed by atoms with van der Waals surface area (Å²) in [6.45, 7) is 5.97. The van der Waals surface area contributed by atoms with Gasteiger partial charge in [0.05, 0.1) is 12.9 Å². The van der Waals surface area contributed by atoms with Crippen molar-refractivity contribution >= 4 is 6.29 Å². The molecule has 0 heterocycles. The fourth-order valence-corrected chi connectivity index (χ4v) is 0.632. The van der Waals surface area contributed by atoms with Crippen LogP contribution in [0.1, 0.15) is 6.92 Å². The van der Waals surface area contributed by atoms with Crippen molar-refractivity contribution in [2.24, 2.45) is 5.73 Å². The van der Waals surface area contributed by atoms with Crippen molar-refractivity contribution in [3.05, 3.63) is 48.3 Å². The smallest absolute Gasteiger partial charge is 0.148 e. The molecule has 0 saturated carbocycles. The molecule has 0 atom stereocenters. The van der Waals surface area contributed by atoms with Gasteiger partial charge in [0.15, 0.2) is 0 Å². The highest BCUT2D eigenvalue weighted by molar-refractivity contribution is 5.74. The van der Waals surface area contributed by atoms with Gasteiger partial charge in [0.25, 0.3) is 0 Å². The fraction of sp³-hybridized carbons (Fsp3) is 0.250. The number of hydrogen-bond acceptors (Lipinski definition) is 4. The lowest BCUT2D eigenvalue weighted by Crippen LogP contribution is -1.91. The summed E-state index contributed by atoms with van der Waals surface area (Å²) in [6, 6.07) is 0. The molecule has 0 spiro atoms. The molecular formula is C12H19NO3. The van der Waals surface area contributed by atoms with Gasteiger partial charge >= 0.3 is 0 Å². The topological polar surface area (TPSA) is 83.5 Å². The normalized spacial score (nSPS) is 11.3. The molecule has 0 unspecified atom stereocenters. The Morgan fingerprint density at radius 1 is 1.44 bits per heavy atom. The Balaban J connectivity index is 0. The molecule has 4 heteroatoms. The number of allylic oxidation sites excluding steroid dienone is 5. The summed E-state index contributed by atoms with van der Waals surface area (Å²) < 4.78 is 0. The minimum Gasteiger partial charge on any atom is -0.516 e. The van der Waals surface area contributed by atoms with Crippen LogP contribution >= 0.6 is 0 Å². The van der Waals surface area contributed by atoms with Gasteiger partial charge in [0.2, 0.25) is 0 Å². The summed E-state index contributed by atoms with van der Waals surface area (Å²) in [5.74, 6) is 0. The van der Waals surface area contributed by atoms with Gasteiger partial charge < -0.3 is 15.9 Å². The lowest BCUT2D eigenvalue weighted by molar-refractivity contribution is -0.105. The molecule has 4 nitrogen and oxygen atoms in total. The third-order valence-electron chi connectivity index (χ3n) is 1.21. The van der Waals surface area contributed by atoms with E-state index in [4.69, 9.17) is 15.9 Å². The molecule has 0 aliphatic rings. The fourth-order valence-electron chi connectivity index (χ4n) is 0.632. The van der Waals surface area contributed by atoms with Crippen molar-refractivity contribution < 1.29 is 15.0 Å². The Morgan fingerprint density at radius 2 is 2.00 bits per heavy atom. The summed E-state index contributed by atoms with van der Waals surface area (Å²) in [6.07, 6.45) is 7.51. The average Bonchev–Trinajstić information content (AvgIpc) is 2.27. The number of nitrogens with two attached hydrogens (primary N) is 1. The first-order chi connectivity index (χ1) is 7.65. The zero-order valence-corrected chi connectivity index (χ0v) is 9.47. The van der Waals surface area contributed by atoms with Gasteiger partial charge in [-0.1, -0.05) is 25.7 Å². The van der Waals surface area contributed by atoms with E-state index in [1.807, 2.05) is 6.92 Å². The standard InChI is InChI=1S/C10H12O3.C2H7N/c1-9(4-2-3-5-11)6-10(7-12)8-13;1-2-3/h2-7,11,13H,1,8H2;2-3H2,1H3/b4-2-,5-3-,10-6-;. The van der Waals surface area contributed by atoms with Crippen molar-refractivity contribution in [2.45, 2.75) is 6.92 Å². The molecule has 4 N–H and O–H groups in total. The van der Waals surface area contributed by atoms with Crippen LogP contribution in [0.3, 0.4) is 0 Å². The first-order valence-electron chi connectivity index (χ1n) is 4.79. The van der Waals surface area contributed by atoms with Crippen LogP contribution in [0, 0.1) is 0 Å². The van der Waals surface area contributed by atoms with Gasteiger partial charge in [0.1, 0.15) is 6.29 Å². The predicted molar refractivity (Wildman–Crippen MR) is 66.0 cm³/mol. The maximum atomic E-state index is 10.3. The average molecular weight is 225 g/mol. The highest BCUT2D eigenvalue weighted by atomic mass is 16.3. The van der Waals surface area contributed by atoms with Gasteiger partial charge in [0, 0.05) is 5.57 Å². The van der Waals surface area contributed by atoms with E-state index in [0.717, 1.165) is 12.8 Å². The van der Waals surface area contributed by atoms with E-state index in [-0.39, 0.29) is 12.2 Å². The number of rotatable bonds is 5. The molecule has 0 aliphatic heterocycles. The summed E-state index contributed by atoms with van der Waals surface area (Å²) in [5, 5.41) is 16.9. The van der Waals surface area contributed by atoms with E-state index in [0.29, 0.717) is 11.9 Å². The van der Waals surface area contributed by atoms with Gasteiger partial charge in [-0.05, 0) is 24.3 Å². The molecule has 0 aromatic carbocycles. The third-order valence-corrected chi connectivity index (χ3v) is 1.21. The largest absolute Gasteiger partial charge is 0.516 e. The van der Waals surface area contributed by atoms with E-state index in [1.54, 1.807) is 12.2 Å². The van der Waals surface area contributed by atoms with E-state index in [9.17, 15) is 4.79 Å². The first kappa shape index (κ1) is 16.8. The number of carbonyl (C=O) groups is 1. The summed E-state index contributed by atoms with van der Waals surface area (Å²) in [7, 11) is 0. The second-order valence-electron chi connectivity index (χ2n) is 2.68. The Morgan fingerprint density at radius 3 is 2.38 bits per heavy atom. The van der Waals surface area contributed by atoms with Crippen molar-refractivity contribution in [1.29, 1.82) is 0 Å². The van der Waals surface area contributed by atoms with Crippen LogP contribution < -0.4 is 5.73 Å². The first-order valence-corrected chi connectivity index (χ1v) is 4.79. The Labute approximate surface area is 96.1 Å². The Kier molecular flexibility index (Phi) is 14.0. The Bertz CT molecular complexity index is 278. The van der Waals surface area contributed by atoms with Crippen molar-refractivity contribution in [2.75, 3.05) is 13.2 Å². The predicted octanol–water partition coefficient (Wildman–Crippen LogP) is 1.25. The second kappa shape index (κ2) is 13.4. The third kappa shape index (κ3) is 12.3. The van der Waals surface area contributed by atoms with Crippen molar-refractivity contribution in [1.82, 2.24) is 0 Å². The minimum absolute atomic E-state index is 0.266. The minimum atomic E-state index is -0.299. The summed E-state index contributed by atoms with van der Waals surface area (Å²) in [5.41, 5.74) is 5.69. The van der Waals surface area contributed by atoms with Gasteiger partial charge in [-0.15, -0.1) is 0 Å². The molecule has 0 radical (unpaired) electrons. The van der Waals surface area contributed by atoms with Gasteiger partial charge in [-0.25, -0.2) is 0 Å². The number of aliphatic hydroxyl groups excluding tert-OH is 2. The SMILES string of the molecule is C=C(/C=C\C=C/O)/C=C(/C=O)CO.CCN. The molecule has 0 aromatic rings. The highest BCUT2D eigenvalue weighted by Gasteiger charge is 1.90. The Hall–Kier alpha value is -1.65. The van der Waals surface area contributed by atoms with Crippen LogP contribution in [-0.4, -0.2) is 29.7 Å². The van der Waals surface area contributed by atoms with E-state index in [2.05, 4.69) is 6.58 Å². The second-order valence-corrected chi connectivity index (χ2v) is 2.68. The molecule has 0 amide bonds. The molecule has 0 bridgehead atoms. The molecule has 16 heavy (non-hydrogen) atoms. The van der Waals surface area contributed by atoms with Crippen LogP contribution in [0.2, 0.25) is 0 Å². The van der Waals surface area contributed by atoms with Crippen LogP contribution in [0.25, 0.3) is 0 Å². The number of carbonyl (C=O) groups excluding carboxylic acids is 1. The van der Waals surface area contributed by atoms with Gasteiger partial charge in [-0.2, -0.15) is 0 Å². The monoisotopic (exact) mass is 225 g/mol. The molecule has 0 saturated heterocycles. The molecule has 0 aromatic heterocycles. The van der Waals surface area contributed by atoms with Crippen molar-refractivity contribution in [3.63, 3.8) is 0 Å². The maximum absolute atomic E-state index is 10.3. The van der Waals surface area contributed by atoms with Gasteiger partial charge in [-0.3, -0.25) is 4.79 Å². The van der Waals surface area contributed by atoms with E-state index in [1.165, 1.54) is 12.2 Å². The number of hydrogen-bond donors (Lipinski definition) is 3. The van der Waals surface area contributed by atoms with E-state index >= 15 is 0 Å². The summed E-state index contributed by atoms with van der Waals surface area (Å²) in [4.78, 5) is 10.3. The molecule has 90 valence electrons. The zero-order chi connectivity index (χ0) is 12.8. The molecule has 0 aliphatic carbocycles. The lowest BCUT2D eigenvalue weighted by atomic mass is 10.2. The molecule has 0 rings (SSSR count).